The van der Waals surface area contributed by atoms with Crippen LogP contribution in [0.1, 0.15) is 53.0 Å². The van der Waals surface area contributed by atoms with Crippen molar-refractivity contribution in [2.45, 2.75) is 65.5 Å². The first-order valence-corrected chi connectivity index (χ1v) is 10.5. The van der Waals surface area contributed by atoms with Crippen LogP contribution in [0.2, 0.25) is 0 Å². The van der Waals surface area contributed by atoms with Crippen LogP contribution < -0.4 is 0 Å². The topological polar surface area (TPSA) is 97.7 Å². The lowest BCUT2D eigenvalue weighted by molar-refractivity contribution is -0.383. The number of ether oxygens (including phenoxy) is 2. The minimum absolute atomic E-state index is 0.0507. The van der Waals surface area contributed by atoms with Crippen molar-refractivity contribution in [3.63, 3.8) is 0 Å². The van der Waals surface area contributed by atoms with Gasteiger partial charge in [-0.25, -0.2) is 4.79 Å². The quantitative estimate of drug-likeness (QED) is 0.330. The summed E-state index contributed by atoms with van der Waals surface area (Å²) in [5.41, 5.74) is 0.917. The van der Waals surface area contributed by atoms with E-state index in [1.165, 1.54) is 6.07 Å². The van der Waals surface area contributed by atoms with Gasteiger partial charge in [0.05, 0.1) is 28.5 Å². The van der Waals surface area contributed by atoms with Gasteiger partial charge in [-0.3, -0.25) is 10.1 Å². The summed E-state index contributed by atoms with van der Waals surface area (Å²) in [6.07, 6.45) is 3.74. The number of nitro benzene ring substituents is 1. The van der Waals surface area contributed by atoms with Crippen LogP contribution in [0.4, 0.5) is 10.5 Å². The van der Waals surface area contributed by atoms with E-state index < -0.39 is 11.7 Å². The van der Waals surface area contributed by atoms with Crippen molar-refractivity contribution < 1.29 is 19.2 Å². The number of hydrogen-bond acceptors (Lipinski definition) is 5. The Hall–Kier alpha value is -2.61. The molecule has 30 heavy (non-hydrogen) atoms. The summed E-state index contributed by atoms with van der Waals surface area (Å²) in [5, 5.41) is 12.1. The maximum Gasteiger partial charge on any atom is 0.410 e. The maximum absolute atomic E-state index is 12.8. The lowest BCUT2D eigenvalue weighted by atomic mass is 10.0. The highest BCUT2D eigenvalue weighted by Gasteiger charge is 2.29. The van der Waals surface area contributed by atoms with Crippen molar-refractivity contribution in [3.05, 3.63) is 40.1 Å². The molecule has 1 amide bonds. The number of nitro groups is 1. The largest absolute Gasteiger partial charge is 0.444 e. The van der Waals surface area contributed by atoms with Gasteiger partial charge in [0.2, 0.25) is 0 Å². The normalized spacial score (nSPS) is 12.7. The van der Waals surface area contributed by atoms with E-state index in [9.17, 15) is 14.9 Å². The first-order valence-electron chi connectivity index (χ1n) is 10.5. The highest BCUT2D eigenvalue weighted by Crippen LogP contribution is 2.30. The lowest BCUT2D eigenvalue weighted by Crippen LogP contribution is -2.46. The molecule has 0 spiro atoms. The van der Waals surface area contributed by atoms with E-state index in [4.69, 9.17) is 9.47 Å². The van der Waals surface area contributed by atoms with E-state index in [0.717, 1.165) is 18.4 Å². The van der Waals surface area contributed by atoms with Crippen LogP contribution in [0.15, 0.2) is 24.4 Å². The summed E-state index contributed by atoms with van der Waals surface area (Å²) < 4.78 is 11.4. The van der Waals surface area contributed by atoms with Gasteiger partial charge in [0, 0.05) is 25.4 Å². The summed E-state index contributed by atoms with van der Waals surface area (Å²) in [7, 11) is 0. The fourth-order valence-electron chi connectivity index (χ4n) is 3.38. The number of unbranched alkanes of at least 4 members (excludes halogenated alkanes) is 1. The molecule has 0 aliphatic heterocycles. The highest BCUT2D eigenvalue weighted by molar-refractivity contribution is 5.91. The monoisotopic (exact) mass is 419 g/mol. The molecule has 0 bridgehead atoms. The molecule has 2 aromatic rings. The number of rotatable bonds is 10. The second-order valence-electron chi connectivity index (χ2n) is 8.32. The zero-order valence-corrected chi connectivity index (χ0v) is 18.6. The van der Waals surface area contributed by atoms with Crippen LogP contribution >= 0.6 is 0 Å². The molecule has 8 heteroatoms. The van der Waals surface area contributed by atoms with Crippen molar-refractivity contribution >= 4 is 22.7 Å². The van der Waals surface area contributed by atoms with Gasteiger partial charge >= 0.3 is 6.09 Å². The SMILES string of the molecule is CCCCOC[C@H](Cc1c[nH]c2cccc([N+](=O)[O-])c12)N(CC)C(=O)OC(C)(C)C. The van der Waals surface area contributed by atoms with E-state index in [1.54, 1.807) is 17.2 Å². The Morgan fingerprint density at radius 3 is 2.63 bits per heavy atom. The molecule has 166 valence electrons. The number of benzene rings is 1. The van der Waals surface area contributed by atoms with Crippen molar-refractivity contribution in [2.24, 2.45) is 0 Å². The number of aromatic nitrogens is 1. The number of hydrogen-bond donors (Lipinski definition) is 1. The summed E-state index contributed by atoms with van der Waals surface area (Å²) in [5.74, 6) is 0. The number of nitrogens with one attached hydrogen (secondary N) is 1. The molecule has 0 fully saturated rings. The molecule has 1 atom stereocenters. The second kappa shape index (κ2) is 10.4. The van der Waals surface area contributed by atoms with Gasteiger partial charge in [0.15, 0.2) is 0 Å². The zero-order chi connectivity index (χ0) is 22.3. The van der Waals surface area contributed by atoms with Gasteiger partial charge in [0.1, 0.15) is 5.60 Å². The number of non-ortho nitro benzene ring substituents is 1. The number of amides is 1. The Morgan fingerprint density at radius 1 is 1.30 bits per heavy atom. The van der Waals surface area contributed by atoms with E-state index in [-0.39, 0.29) is 16.7 Å². The number of fused-ring (bicyclic) bond motifs is 1. The number of carbonyl (C=O) groups excluding carboxylic acids is 1. The van der Waals surface area contributed by atoms with Crippen molar-refractivity contribution in [1.29, 1.82) is 0 Å². The summed E-state index contributed by atoms with van der Waals surface area (Å²) in [6.45, 7) is 10.8. The average molecular weight is 420 g/mol. The van der Waals surface area contributed by atoms with Crippen LogP contribution in [0.3, 0.4) is 0 Å². The molecule has 0 radical (unpaired) electrons. The molecule has 0 unspecified atom stereocenters. The Labute approximate surface area is 177 Å². The predicted octanol–water partition coefficient (Wildman–Crippen LogP) is 5.06. The first kappa shape index (κ1) is 23.7. The maximum atomic E-state index is 12.8. The molecule has 1 aromatic heterocycles. The molecular weight excluding hydrogens is 386 g/mol. The predicted molar refractivity (Wildman–Crippen MR) is 117 cm³/mol. The van der Waals surface area contributed by atoms with Gasteiger partial charge in [-0.15, -0.1) is 0 Å². The molecule has 0 saturated carbocycles. The summed E-state index contributed by atoms with van der Waals surface area (Å²) in [4.78, 5) is 28.7. The molecule has 2 rings (SSSR count). The second-order valence-corrected chi connectivity index (χ2v) is 8.32. The van der Waals surface area contributed by atoms with Crippen molar-refractivity contribution in [2.75, 3.05) is 19.8 Å². The summed E-state index contributed by atoms with van der Waals surface area (Å²) >= 11 is 0. The Bertz CT molecular complexity index is 856. The minimum Gasteiger partial charge on any atom is -0.444 e. The van der Waals surface area contributed by atoms with E-state index in [0.29, 0.717) is 37.1 Å². The third-order valence-corrected chi connectivity index (χ3v) is 4.78. The molecule has 1 heterocycles. The number of H-pyrrole nitrogens is 1. The Balaban J connectivity index is 2.34. The van der Waals surface area contributed by atoms with Gasteiger partial charge in [-0.05, 0) is 52.2 Å². The van der Waals surface area contributed by atoms with E-state index >= 15 is 0 Å². The number of carbonyl (C=O) groups is 1. The van der Waals surface area contributed by atoms with Crippen LogP contribution in [-0.4, -0.2) is 52.3 Å². The third kappa shape index (κ3) is 6.19. The average Bonchev–Trinajstić information content (AvgIpc) is 3.07. The fourth-order valence-corrected chi connectivity index (χ4v) is 3.38. The fraction of sp³-hybridized carbons (Fsp3) is 0.591. The summed E-state index contributed by atoms with van der Waals surface area (Å²) in [6, 6.07) is 4.66. The molecule has 8 nitrogen and oxygen atoms in total. The highest BCUT2D eigenvalue weighted by atomic mass is 16.6. The number of likely N-dealkylation sites (N-methyl/N-ethyl adjacent to an activating group) is 1. The Kier molecular flexibility index (Phi) is 8.23. The number of aromatic amines is 1. The lowest BCUT2D eigenvalue weighted by Gasteiger charge is -2.32. The van der Waals surface area contributed by atoms with Crippen molar-refractivity contribution in [1.82, 2.24) is 9.88 Å². The van der Waals surface area contributed by atoms with E-state index in [2.05, 4.69) is 11.9 Å². The van der Waals surface area contributed by atoms with Gasteiger partial charge < -0.3 is 19.4 Å². The smallest absolute Gasteiger partial charge is 0.410 e. The van der Waals surface area contributed by atoms with Gasteiger partial charge in [0.25, 0.3) is 5.69 Å². The number of nitrogens with zero attached hydrogens (tertiary/aromatic N) is 2. The van der Waals surface area contributed by atoms with Crippen molar-refractivity contribution in [3.8, 4) is 0 Å². The van der Waals surface area contributed by atoms with Gasteiger partial charge in [-0.2, -0.15) is 0 Å². The molecule has 1 N–H and O–H groups in total. The zero-order valence-electron chi connectivity index (χ0n) is 18.6. The van der Waals surface area contributed by atoms with Crippen LogP contribution in [0.5, 0.6) is 0 Å². The van der Waals surface area contributed by atoms with Crippen LogP contribution in [0.25, 0.3) is 10.9 Å². The third-order valence-electron chi connectivity index (χ3n) is 4.78. The molecular formula is C22H33N3O5. The first-order chi connectivity index (χ1) is 14.2. The molecule has 0 aliphatic carbocycles. The molecule has 0 saturated heterocycles. The standard InChI is InChI=1S/C22H33N3O5/c1-6-8-12-29-15-17(24(7-2)21(26)30-22(3,4)5)13-16-14-23-18-10-9-11-19(20(16)18)25(27)28/h9-11,14,17,23H,6-8,12-13,15H2,1-5H3/t17-/m0/s1. The van der Waals surface area contributed by atoms with Crippen LogP contribution in [-0.2, 0) is 15.9 Å². The molecule has 1 aromatic carbocycles. The van der Waals surface area contributed by atoms with E-state index in [1.807, 2.05) is 33.8 Å². The van der Waals surface area contributed by atoms with Gasteiger partial charge in [-0.1, -0.05) is 19.4 Å². The molecule has 0 aliphatic rings. The Morgan fingerprint density at radius 2 is 2.03 bits per heavy atom. The van der Waals surface area contributed by atoms with Crippen LogP contribution in [0, 0.1) is 10.1 Å². The minimum atomic E-state index is -0.613.